The summed E-state index contributed by atoms with van der Waals surface area (Å²) in [6, 6.07) is 5.80. The summed E-state index contributed by atoms with van der Waals surface area (Å²) in [4.78, 5) is 38.5. The van der Waals surface area contributed by atoms with E-state index < -0.39 is 35.3 Å². The van der Waals surface area contributed by atoms with Gasteiger partial charge in [-0.3, -0.25) is 19.6 Å². The van der Waals surface area contributed by atoms with Crippen LogP contribution in [-0.2, 0) is 14.4 Å². The number of nitrogens with zero attached hydrogens (tertiary/aromatic N) is 1. The summed E-state index contributed by atoms with van der Waals surface area (Å²) < 4.78 is 0. The molecule has 0 fully saturated rings. The minimum atomic E-state index is -1.86. The number of aliphatic hydroxyl groups is 1. The summed E-state index contributed by atoms with van der Waals surface area (Å²) in [6.07, 6.45) is -2.04. The Morgan fingerprint density at radius 1 is 1.13 bits per heavy atom. The summed E-state index contributed by atoms with van der Waals surface area (Å²) in [5, 5.41) is 22.2. The van der Waals surface area contributed by atoms with Gasteiger partial charge in [-0.05, 0) is 29.7 Å². The molecule has 0 spiro atoms. The van der Waals surface area contributed by atoms with Crippen molar-refractivity contribution in [2.24, 2.45) is 11.3 Å². The van der Waals surface area contributed by atoms with Crippen LogP contribution >= 0.6 is 11.6 Å². The number of hydroxylamine groups is 1. The van der Waals surface area contributed by atoms with Gasteiger partial charge in [-0.15, -0.1) is 0 Å². The number of aliphatic hydroxyl groups excluding tert-OH is 1. The quantitative estimate of drug-likeness (QED) is 0.303. The number of rotatable bonds is 6. The largest absolute Gasteiger partial charge is 0.382 e. The molecular formula is C21H28ClN3O5. The molecule has 30 heavy (non-hydrogen) atoms. The number of likely N-dealkylation sites (N-methyl/N-ethyl adjacent to an activating group) is 1. The van der Waals surface area contributed by atoms with E-state index >= 15 is 0 Å². The zero-order chi connectivity index (χ0) is 23.1. The third kappa shape index (κ3) is 7.34. The zero-order valence-electron chi connectivity index (χ0n) is 17.7. The minimum Gasteiger partial charge on any atom is -0.382 e. The van der Waals surface area contributed by atoms with Crippen LogP contribution in [0.1, 0.15) is 32.8 Å². The fourth-order valence-electron chi connectivity index (χ4n) is 2.55. The number of nitrogens with one attached hydrogen (secondary N) is 2. The molecule has 1 aromatic carbocycles. The molecule has 3 amide bonds. The third-order valence-corrected chi connectivity index (χ3v) is 4.59. The molecule has 0 radical (unpaired) electrons. The second-order valence-corrected chi connectivity index (χ2v) is 8.52. The highest BCUT2D eigenvalue weighted by Crippen LogP contribution is 2.22. The van der Waals surface area contributed by atoms with E-state index in [1.54, 1.807) is 59.1 Å². The highest BCUT2D eigenvalue weighted by molar-refractivity contribution is 6.30. The van der Waals surface area contributed by atoms with Crippen LogP contribution < -0.4 is 10.8 Å². The first-order valence-electron chi connectivity index (χ1n) is 9.26. The molecular weight excluding hydrogens is 410 g/mol. The van der Waals surface area contributed by atoms with E-state index in [2.05, 4.69) is 17.2 Å². The Bertz CT molecular complexity index is 822. The van der Waals surface area contributed by atoms with Gasteiger partial charge in [0.2, 0.25) is 11.8 Å². The van der Waals surface area contributed by atoms with E-state index in [1.165, 1.54) is 10.4 Å². The van der Waals surface area contributed by atoms with Gasteiger partial charge in [0.15, 0.2) is 0 Å². The lowest BCUT2D eigenvalue weighted by molar-refractivity contribution is -0.147. The first kappa shape index (κ1) is 25.4. The molecule has 0 aliphatic heterocycles. The van der Waals surface area contributed by atoms with Crippen LogP contribution in [0, 0.1) is 23.2 Å². The van der Waals surface area contributed by atoms with Crippen LogP contribution in [0.15, 0.2) is 24.3 Å². The van der Waals surface area contributed by atoms with Gasteiger partial charge in [0.1, 0.15) is 12.1 Å². The van der Waals surface area contributed by atoms with Gasteiger partial charge in [-0.2, -0.15) is 0 Å². The van der Waals surface area contributed by atoms with E-state index in [0.29, 0.717) is 10.6 Å². The van der Waals surface area contributed by atoms with E-state index in [-0.39, 0.29) is 12.3 Å². The van der Waals surface area contributed by atoms with Crippen molar-refractivity contribution in [1.29, 1.82) is 0 Å². The fourth-order valence-corrected chi connectivity index (χ4v) is 2.67. The fraction of sp³-hybridized carbons (Fsp3) is 0.476. The number of halogens is 1. The molecule has 8 nitrogen and oxygen atoms in total. The summed E-state index contributed by atoms with van der Waals surface area (Å²) in [5.74, 6) is 2.07. The molecule has 4 N–H and O–H groups in total. The maximum absolute atomic E-state index is 12.9. The summed E-state index contributed by atoms with van der Waals surface area (Å²) in [6.45, 7) is 5.35. The van der Waals surface area contributed by atoms with E-state index in [9.17, 15) is 19.5 Å². The first-order chi connectivity index (χ1) is 13.9. The van der Waals surface area contributed by atoms with Crippen LogP contribution in [0.25, 0.3) is 0 Å². The Morgan fingerprint density at radius 2 is 1.70 bits per heavy atom. The lowest BCUT2D eigenvalue weighted by atomic mass is 9.85. The molecule has 3 atom stereocenters. The maximum Gasteiger partial charge on any atom is 0.273 e. The second-order valence-electron chi connectivity index (χ2n) is 8.08. The van der Waals surface area contributed by atoms with E-state index in [4.69, 9.17) is 16.8 Å². The van der Waals surface area contributed by atoms with Crippen LogP contribution in [0.5, 0.6) is 0 Å². The van der Waals surface area contributed by atoms with Gasteiger partial charge < -0.3 is 15.3 Å². The lowest BCUT2D eigenvalue weighted by Crippen LogP contribution is -2.56. The highest BCUT2D eigenvalue weighted by Gasteiger charge is 2.38. The normalized spacial score (nSPS) is 13.9. The molecule has 0 heterocycles. The Kier molecular flexibility index (Phi) is 9.30. The molecule has 0 saturated heterocycles. The van der Waals surface area contributed by atoms with Crippen LogP contribution in [0.3, 0.4) is 0 Å². The highest BCUT2D eigenvalue weighted by atomic mass is 35.5. The topological polar surface area (TPSA) is 119 Å². The summed E-state index contributed by atoms with van der Waals surface area (Å²) >= 11 is 5.83. The third-order valence-electron chi connectivity index (χ3n) is 4.34. The number of carbonyl (C=O) groups is 3. The Balaban J connectivity index is 3.12. The number of hydrogen-bond donors (Lipinski definition) is 4. The summed E-state index contributed by atoms with van der Waals surface area (Å²) in [5.41, 5.74) is 1.34. The number of benzene rings is 1. The lowest BCUT2D eigenvalue weighted by Gasteiger charge is -2.33. The maximum atomic E-state index is 12.9. The second kappa shape index (κ2) is 11.0. The van der Waals surface area contributed by atoms with E-state index in [0.717, 1.165) is 0 Å². The van der Waals surface area contributed by atoms with Crippen molar-refractivity contribution in [3.05, 3.63) is 34.9 Å². The Hall–Kier alpha value is -2.60. The van der Waals surface area contributed by atoms with Gasteiger partial charge in [0.05, 0.1) is 5.92 Å². The molecule has 0 aliphatic rings. The van der Waals surface area contributed by atoms with Gasteiger partial charge in [0, 0.05) is 31.1 Å². The van der Waals surface area contributed by atoms with Crippen LogP contribution in [0.4, 0.5) is 0 Å². The van der Waals surface area contributed by atoms with Crippen molar-refractivity contribution in [1.82, 2.24) is 15.7 Å². The minimum absolute atomic E-state index is 0.184. The number of carbonyl (C=O) groups excluding carboxylic acids is 3. The molecule has 164 valence electrons. The average molecular weight is 438 g/mol. The van der Waals surface area contributed by atoms with Crippen molar-refractivity contribution in [3.8, 4) is 11.8 Å². The molecule has 0 bridgehead atoms. The Morgan fingerprint density at radius 3 is 2.17 bits per heavy atom. The molecule has 0 unspecified atom stereocenters. The molecule has 0 aromatic heterocycles. The first-order valence-corrected chi connectivity index (χ1v) is 9.64. The predicted molar refractivity (Wildman–Crippen MR) is 112 cm³/mol. The van der Waals surface area contributed by atoms with Gasteiger partial charge in [-0.1, -0.05) is 44.2 Å². The Labute approximate surface area is 181 Å². The average Bonchev–Trinajstić information content (AvgIpc) is 2.68. The van der Waals surface area contributed by atoms with Crippen molar-refractivity contribution in [2.45, 2.75) is 39.3 Å². The zero-order valence-corrected chi connectivity index (χ0v) is 18.4. The number of amides is 3. The van der Waals surface area contributed by atoms with Crippen molar-refractivity contribution >= 4 is 29.3 Å². The van der Waals surface area contributed by atoms with Gasteiger partial charge >= 0.3 is 0 Å². The van der Waals surface area contributed by atoms with E-state index in [1.807, 2.05) is 0 Å². The smallest absolute Gasteiger partial charge is 0.273 e. The van der Waals surface area contributed by atoms with Gasteiger partial charge in [0.25, 0.3) is 5.91 Å². The van der Waals surface area contributed by atoms with Crippen molar-refractivity contribution in [3.63, 3.8) is 0 Å². The van der Waals surface area contributed by atoms with Gasteiger partial charge in [-0.25, -0.2) is 5.48 Å². The van der Waals surface area contributed by atoms with Crippen molar-refractivity contribution < 1.29 is 24.7 Å². The van der Waals surface area contributed by atoms with Crippen LogP contribution in [0.2, 0.25) is 5.02 Å². The predicted octanol–water partition coefficient (Wildman–Crippen LogP) is 1.18. The monoisotopic (exact) mass is 437 g/mol. The number of hydrogen-bond acceptors (Lipinski definition) is 5. The summed E-state index contributed by atoms with van der Waals surface area (Å²) in [7, 11) is 3.13. The molecule has 1 rings (SSSR count). The standard InChI is InChI=1S/C21H28ClN3O5/c1-21(2,3)17(20(29)25(4)5)23-18(27)15(16(26)19(28)24-30)8-6-7-13-9-11-14(22)12-10-13/h9-12,15-17,26,30H,8H2,1-5H3,(H,23,27)(H,24,28)/t15-,16+,17-/m1/s1. The molecule has 9 heteroatoms. The van der Waals surface area contributed by atoms with Crippen molar-refractivity contribution in [2.75, 3.05) is 14.1 Å². The van der Waals surface area contributed by atoms with Crippen LogP contribution in [-0.4, -0.2) is 59.2 Å². The molecule has 1 aromatic rings. The molecule has 0 aliphatic carbocycles. The molecule has 0 saturated carbocycles. The SMILES string of the molecule is CN(C)C(=O)[C@@H](NC(=O)[C@H](CC#Cc1ccc(Cl)cc1)[C@H](O)C(=O)NO)C(C)(C)C.